The Balaban J connectivity index is 0.000000921. The monoisotopic (exact) mass is 355 g/mol. The highest BCUT2D eigenvalue weighted by Crippen LogP contribution is 2.26. The molecular formula is C17H30BrN3. The molecule has 1 atom stereocenters. The first-order valence-corrected chi connectivity index (χ1v) is 8.66. The molecule has 0 N–H and O–H groups in total. The lowest BCUT2D eigenvalue weighted by Crippen LogP contribution is -2.37. The topological polar surface area (TPSA) is 21.1 Å². The Morgan fingerprint density at radius 2 is 2.05 bits per heavy atom. The lowest BCUT2D eigenvalue weighted by molar-refractivity contribution is 0.197. The molecule has 120 valence electrons. The summed E-state index contributed by atoms with van der Waals surface area (Å²) in [4.78, 5) is 2.43. The number of rotatable bonds is 3. The van der Waals surface area contributed by atoms with Crippen molar-refractivity contribution in [2.24, 2.45) is 0 Å². The molecule has 1 aliphatic rings. The Kier molecular flexibility index (Phi) is 10.4. The number of aromatic nitrogens is 2. The van der Waals surface area contributed by atoms with Crippen LogP contribution in [0.5, 0.6) is 0 Å². The number of halogens is 1. The summed E-state index contributed by atoms with van der Waals surface area (Å²) in [7, 11) is 0. The van der Waals surface area contributed by atoms with Crippen LogP contribution in [-0.2, 0) is 6.54 Å². The van der Waals surface area contributed by atoms with Gasteiger partial charge in [0.15, 0.2) is 0 Å². The van der Waals surface area contributed by atoms with Crippen LogP contribution in [0, 0.1) is 0 Å². The second-order valence-corrected chi connectivity index (χ2v) is 5.32. The molecule has 0 spiro atoms. The zero-order valence-electron chi connectivity index (χ0n) is 14.4. The Bertz CT molecular complexity index is 449. The summed E-state index contributed by atoms with van der Waals surface area (Å²) in [6.07, 6.45) is 5.95. The van der Waals surface area contributed by atoms with Gasteiger partial charge in [0.05, 0.1) is 22.4 Å². The SMILES string of the molecule is C=C/C(=C\C)CN1Cc2c(Br)cnn2C(C)C1.CC.CC. The lowest BCUT2D eigenvalue weighted by atomic mass is 10.1. The van der Waals surface area contributed by atoms with Crippen molar-refractivity contribution < 1.29 is 0 Å². The van der Waals surface area contributed by atoms with Crippen LogP contribution in [0.3, 0.4) is 0 Å². The highest BCUT2D eigenvalue weighted by atomic mass is 79.9. The third-order valence-corrected chi connectivity index (χ3v) is 3.86. The van der Waals surface area contributed by atoms with E-state index in [-0.39, 0.29) is 0 Å². The van der Waals surface area contributed by atoms with Crippen molar-refractivity contribution in [1.82, 2.24) is 14.7 Å². The molecule has 0 aliphatic carbocycles. The smallest absolute Gasteiger partial charge is 0.0670 e. The van der Waals surface area contributed by atoms with Gasteiger partial charge in [-0.2, -0.15) is 5.10 Å². The van der Waals surface area contributed by atoms with Crippen LogP contribution in [0.4, 0.5) is 0 Å². The van der Waals surface area contributed by atoms with Crippen molar-refractivity contribution in [3.05, 3.63) is 40.7 Å². The molecular weight excluding hydrogens is 326 g/mol. The predicted molar refractivity (Wildman–Crippen MR) is 96.6 cm³/mol. The summed E-state index contributed by atoms with van der Waals surface area (Å²) in [5, 5.41) is 4.40. The van der Waals surface area contributed by atoms with Gasteiger partial charge in [-0.1, -0.05) is 46.4 Å². The van der Waals surface area contributed by atoms with Gasteiger partial charge < -0.3 is 0 Å². The van der Waals surface area contributed by atoms with Gasteiger partial charge in [-0.25, -0.2) is 0 Å². The second-order valence-electron chi connectivity index (χ2n) is 4.47. The molecule has 0 saturated heterocycles. The van der Waals surface area contributed by atoms with E-state index in [1.54, 1.807) is 0 Å². The molecule has 0 aromatic carbocycles. The van der Waals surface area contributed by atoms with Gasteiger partial charge in [0.2, 0.25) is 0 Å². The van der Waals surface area contributed by atoms with Crippen LogP contribution in [0.25, 0.3) is 0 Å². The molecule has 4 heteroatoms. The van der Waals surface area contributed by atoms with E-state index in [2.05, 4.69) is 57.1 Å². The second kappa shape index (κ2) is 10.8. The van der Waals surface area contributed by atoms with Crippen LogP contribution in [0.2, 0.25) is 0 Å². The van der Waals surface area contributed by atoms with Crippen LogP contribution in [-0.4, -0.2) is 27.8 Å². The fourth-order valence-corrected chi connectivity index (χ4v) is 2.67. The van der Waals surface area contributed by atoms with E-state index < -0.39 is 0 Å². The van der Waals surface area contributed by atoms with Gasteiger partial charge in [0.25, 0.3) is 0 Å². The van der Waals surface area contributed by atoms with Gasteiger partial charge in [0, 0.05) is 19.6 Å². The average Bonchev–Trinajstić information content (AvgIpc) is 2.91. The zero-order chi connectivity index (χ0) is 16.4. The van der Waals surface area contributed by atoms with Gasteiger partial charge in [-0.15, -0.1) is 0 Å². The molecule has 3 nitrogen and oxygen atoms in total. The van der Waals surface area contributed by atoms with Crippen LogP contribution >= 0.6 is 15.9 Å². The molecule has 1 aliphatic heterocycles. The summed E-state index contributed by atoms with van der Waals surface area (Å²) in [6.45, 7) is 19.0. The summed E-state index contributed by atoms with van der Waals surface area (Å²) < 4.78 is 3.22. The lowest BCUT2D eigenvalue weighted by Gasteiger charge is -2.32. The van der Waals surface area contributed by atoms with Gasteiger partial charge >= 0.3 is 0 Å². The van der Waals surface area contributed by atoms with Crippen molar-refractivity contribution >= 4 is 15.9 Å². The van der Waals surface area contributed by atoms with Gasteiger partial charge in [-0.3, -0.25) is 9.58 Å². The summed E-state index contributed by atoms with van der Waals surface area (Å²) >= 11 is 3.56. The van der Waals surface area contributed by atoms with E-state index in [0.717, 1.165) is 24.1 Å². The molecule has 1 aromatic heterocycles. The van der Waals surface area contributed by atoms with Crippen LogP contribution in [0.15, 0.2) is 35.0 Å². The first-order chi connectivity index (χ1) is 10.2. The molecule has 0 saturated carbocycles. The van der Waals surface area contributed by atoms with Gasteiger partial charge in [0.1, 0.15) is 0 Å². The van der Waals surface area contributed by atoms with Crippen LogP contribution < -0.4 is 0 Å². The maximum absolute atomic E-state index is 4.40. The highest BCUT2D eigenvalue weighted by Gasteiger charge is 2.24. The summed E-state index contributed by atoms with van der Waals surface area (Å²) in [6, 6.07) is 0.424. The molecule has 2 rings (SSSR count). The molecule has 1 unspecified atom stereocenters. The largest absolute Gasteiger partial charge is 0.291 e. The molecule has 1 aromatic rings. The maximum Gasteiger partial charge on any atom is 0.0670 e. The number of hydrogen-bond acceptors (Lipinski definition) is 2. The minimum absolute atomic E-state index is 0.424. The van der Waals surface area contributed by atoms with Crippen molar-refractivity contribution in [2.75, 3.05) is 13.1 Å². The first kappa shape index (κ1) is 20.1. The first-order valence-electron chi connectivity index (χ1n) is 7.87. The Morgan fingerprint density at radius 1 is 1.43 bits per heavy atom. The standard InChI is InChI=1S/C13H18BrN3.2C2H6/c1-4-11(5-2)8-16-7-10(3)17-13(9-16)12(14)6-15-17;2*1-2/h4-6,10H,1,7-9H2,2-3H3;2*1-2H3/b11-5+;;. The third kappa shape index (κ3) is 5.44. The molecule has 0 radical (unpaired) electrons. The molecule has 0 bridgehead atoms. The molecule has 0 fully saturated rings. The van der Waals surface area contributed by atoms with E-state index in [9.17, 15) is 0 Å². The molecule has 2 heterocycles. The van der Waals surface area contributed by atoms with E-state index in [0.29, 0.717) is 6.04 Å². The normalized spacial score (nSPS) is 17.9. The fourth-order valence-electron chi connectivity index (χ4n) is 2.27. The third-order valence-electron chi connectivity index (χ3n) is 3.20. The quantitative estimate of drug-likeness (QED) is 0.694. The Morgan fingerprint density at radius 3 is 2.57 bits per heavy atom. The zero-order valence-corrected chi connectivity index (χ0v) is 15.9. The molecule has 0 amide bonds. The average molecular weight is 356 g/mol. The maximum atomic E-state index is 4.40. The minimum Gasteiger partial charge on any atom is -0.291 e. The Labute approximate surface area is 138 Å². The number of fused-ring (bicyclic) bond motifs is 1. The van der Waals surface area contributed by atoms with Crippen LogP contribution in [0.1, 0.15) is 53.3 Å². The van der Waals surface area contributed by atoms with E-state index in [1.165, 1.54) is 11.3 Å². The molecule has 21 heavy (non-hydrogen) atoms. The summed E-state index contributed by atoms with van der Waals surface area (Å²) in [5.41, 5.74) is 2.55. The fraction of sp³-hybridized carbons (Fsp3) is 0.588. The number of hydrogen-bond donors (Lipinski definition) is 0. The van der Waals surface area contributed by atoms with Gasteiger partial charge in [-0.05, 0) is 35.4 Å². The number of nitrogens with zero attached hydrogens (tertiary/aromatic N) is 3. The van der Waals surface area contributed by atoms with Crippen molar-refractivity contribution in [1.29, 1.82) is 0 Å². The van der Waals surface area contributed by atoms with Crippen molar-refractivity contribution in [2.45, 2.75) is 54.1 Å². The van der Waals surface area contributed by atoms with E-state index >= 15 is 0 Å². The van der Waals surface area contributed by atoms with E-state index in [1.807, 2.05) is 40.0 Å². The van der Waals surface area contributed by atoms with Crippen molar-refractivity contribution in [3.63, 3.8) is 0 Å². The Hall–Kier alpha value is -0.870. The number of allylic oxidation sites excluding steroid dienone is 1. The highest BCUT2D eigenvalue weighted by molar-refractivity contribution is 9.10. The minimum atomic E-state index is 0.424. The predicted octanol–water partition coefficient (Wildman–Crippen LogP) is 5.21. The summed E-state index contributed by atoms with van der Waals surface area (Å²) in [5.74, 6) is 0. The van der Waals surface area contributed by atoms with Crippen molar-refractivity contribution in [3.8, 4) is 0 Å². The van der Waals surface area contributed by atoms with E-state index in [4.69, 9.17) is 0 Å².